The number of ether oxygens (including phenoxy) is 1. The van der Waals surface area contributed by atoms with Crippen LogP contribution in [0.2, 0.25) is 0 Å². The number of amides is 3. The van der Waals surface area contributed by atoms with E-state index in [9.17, 15) is 28.0 Å². The van der Waals surface area contributed by atoms with Gasteiger partial charge in [-0.2, -0.15) is 10.2 Å². The fraction of sp³-hybridized carbons (Fsp3) is 0.500. The quantitative estimate of drug-likeness (QED) is 0.197. The van der Waals surface area contributed by atoms with Crippen LogP contribution in [0.3, 0.4) is 0 Å². The largest absolute Gasteiger partial charge is 0.494 e. The van der Waals surface area contributed by atoms with Crippen molar-refractivity contribution in [3.63, 3.8) is 0 Å². The topological polar surface area (TPSA) is 166 Å². The number of imide groups is 1. The summed E-state index contributed by atoms with van der Waals surface area (Å²) in [4.78, 5) is 59.4. The van der Waals surface area contributed by atoms with E-state index >= 15 is 4.39 Å². The van der Waals surface area contributed by atoms with Crippen LogP contribution in [0.5, 0.6) is 5.75 Å². The van der Waals surface area contributed by atoms with E-state index < -0.39 is 41.8 Å². The zero-order valence-corrected chi connectivity index (χ0v) is 31.8. The number of piperidine rings is 2. The molecule has 19 heteroatoms. The Morgan fingerprint density at radius 1 is 1.12 bits per heavy atom. The fourth-order valence-electron chi connectivity index (χ4n) is 8.89. The number of hydrogen-bond acceptors (Lipinski definition) is 10. The summed E-state index contributed by atoms with van der Waals surface area (Å²) < 4.78 is 55.9. The van der Waals surface area contributed by atoms with Crippen molar-refractivity contribution in [2.75, 3.05) is 44.0 Å². The van der Waals surface area contributed by atoms with E-state index in [-0.39, 0.29) is 54.5 Å². The highest BCUT2D eigenvalue weighted by molar-refractivity contribution is 6.08. The van der Waals surface area contributed by atoms with Gasteiger partial charge in [-0.3, -0.25) is 33.5 Å². The number of nitrogens with zero attached hydrogens (tertiary/aromatic N) is 9. The second-order valence-electron chi connectivity index (χ2n) is 15.2. The van der Waals surface area contributed by atoms with Crippen molar-refractivity contribution >= 4 is 45.8 Å². The van der Waals surface area contributed by atoms with Crippen molar-refractivity contribution in [2.45, 2.75) is 75.7 Å². The van der Waals surface area contributed by atoms with Gasteiger partial charge in [-0.25, -0.2) is 27.5 Å². The minimum Gasteiger partial charge on any atom is -0.494 e. The molecule has 57 heavy (non-hydrogen) atoms. The molecule has 1 saturated carbocycles. The molecular weight excluding hydrogens is 747 g/mol. The van der Waals surface area contributed by atoms with Gasteiger partial charge in [-0.15, -0.1) is 0 Å². The van der Waals surface area contributed by atoms with Crippen LogP contribution in [0.1, 0.15) is 79.5 Å². The molecule has 1 aliphatic carbocycles. The maximum Gasteiger partial charge on any atom is 0.329 e. The third kappa shape index (κ3) is 7.01. The molecule has 3 atom stereocenters. The van der Waals surface area contributed by atoms with E-state index in [2.05, 4.69) is 30.7 Å². The first kappa shape index (κ1) is 38.2. The molecule has 16 nitrogen and oxygen atoms in total. The lowest BCUT2D eigenvalue weighted by atomic mass is 9.85. The number of imidazole rings is 1. The molecule has 2 saturated heterocycles. The first-order valence-electron chi connectivity index (χ1n) is 19.1. The lowest BCUT2D eigenvalue weighted by Gasteiger charge is -2.42. The van der Waals surface area contributed by atoms with Gasteiger partial charge in [0.1, 0.15) is 29.2 Å². The van der Waals surface area contributed by atoms with Crippen molar-refractivity contribution < 1.29 is 32.3 Å². The molecule has 8 rings (SSSR count). The number of aromatic nitrogens is 7. The molecule has 302 valence electrons. The van der Waals surface area contributed by atoms with Gasteiger partial charge in [0, 0.05) is 51.2 Å². The van der Waals surface area contributed by atoms with Crippen molar-refractivity contribution in [2.24, 2.45) is 13.0 Å². The summed E-state index contributed by atoms with van der Waals surface area (Å²) in [6, 6.07) is 3.76. The number of carbonyl (C=O) groups excluding carboxylic acids is 3. The number of fused-ring (bicyclic) bond motifs is 2. The Hall–Kier alpha value is -5.72. The van der Waals surface area contributed by atoms with Crippen LogP contribution in [-0.2, 0) is 16.6 Å². The first-order valence-corrected chi connectivity index (χ1v) is 19.1. The molecule has 1 aromatic carbocycles. The number of halogens is 3. The second-order valence-corrected chi connectivity index (χ2v) is 15.2. The van der Waals surface area contributed by atoms with Crippen molar-refractivity contribution in [3.8, 4) is 5.75 Å². The second kappa shape index (κ2) is 15.3. The van der Waals surface area contributed by atoms with E-state index in [0.29, 0.717) is 60.5 Å². The van der Waals surface area contributed by atoms with Gasteiger partial charge in [0.25, 0.3) is 12.3 Å². The number of carbonyl (C=O) groups is 3. The van der Waals surface area contributed by atoms with Crippen LogP contribution in [0.25, 0.3) is 16.7 Å². The number of anilines is 2. The maximum absolute atomic E-state index is 16.2. The van der Waals surface area contributed by atoms with Crippen molar-refractivity contribution in [1.82, 2.24) is 43.7 Å². The molecule has 0 radical (unpaired) electrons. The lowest BCUT2D eigenvalue weighted by molar-refractivity contribution is -0.135. The predicted molar refractivity (Wildman–Crippen MR) is 202 cm³/mol. The summed E-state index contributed by atoms with van der Waals surface area (Å²) in [5.74, 6) is -0.779. The lowest BCUT2D eigenvalue weighted by Crippen LogP contribution is -2.52. The van der Waals surface area contributed by atoms with Crippen LogP contribution < -0.4 is 26.0 Å². The molecule has 0 spiro atoms. The molecule has 6 heterocycles. The highest BCUT2D eigenvalue weighted by atomic mass is 19.3. The van der Waals surface area contributed by atoms with Gasteiger partial charge in [-0.05, 0) is 69.7 Å². The van der Waals surface area contributed by atoms with E-state index in [1.54, 1.807) is 31.4 Å². The van der Waals surface area contributed by atoms with Gasteiger partial charge in [0.05, 0.1) is 42.6 Å². The number of alkyl halides is 3. The van der Waals surface area contributed by atoms with Crippen LogP contribution in [0.4, 0.5) is 24.5 Å². The van der Waals surface area contributed by atoms with Crippen LogP contribution in [0, 0.1) is 5.92 Å². The summed E-state index contributed by atoms with van der Waals surface area (Å²) in [6.45, 7) is 1.22. The van der Waals surface area contributed by atoms with Gasteiger partial charge in [0.2, 0.25) is 11.8 Å². The summed E-state index contributed by atoms with van der Waals surface area (Å²) >= 11 is 0. The van der Waals surface area contributed by atoms with E-state index in [4.69, 9.17) is 4.74 Å². The average molecular weight is 792 g/mol. The number of rotatable bonds is 10. The highest BCUT2D eigenvalue weighted by Gasteiger charge is 2.38. The Morgan fingerprint density at radius 3 is 2.63 bits per heavy atom. The Morgan fingerprint density at radius 2 is 1.91 bits per heavy atom. The zero-order chi connectivity index (χ0) is 40.1. The standard InChI is InChI=1S/C38H44F3N11O5/c1-47(18-21-5-7-22(8-6-21)51-20-25(31(46-51)34(40)41)44-36(54)23-17-43-50-15-4-14-42-35(23)50)26-13-16-49(19-24(26)39)33-29(57-3)11-9-27-32(33)48(2)38(56)52(27)28-10-12-30(53)45-37(28)55/h4,9,11,14-15,17,20-22,24,26,28,34H,5-8,10,12-13,16,18-19H2,1-3H3,(H,44,54)(H,45,53,55)/t21-,22-,24?,26?,28?. The van der Waals surface area contributed by atoms with E-state index in [1.807, 2.05) is 11.9 Å². The molecular formula is C38H44F3N11O5. The summed E-state index contributed by atoms with van der Waals surface area (Å²) in [5, 5.41) is 13.2. The molecule has 3 fully saturated rings. The monoisotopic (exact) mass is 791 g/mol. The predicted octanol–water partition coefficient (Wildman–Crippen LogP) is 4.04. The average Bonchev–Trinajstić information content (AvgIpc) is 3.89. The molecule has 3 aliphatic rings. The van der Waals surface area contributed by atoms with Gasteiger partial charge in [0.15, 0.2) is 11.3 Å². The zero-order valence-electron chi connectivity index (χ0n) is 31.8. The molecule has 2 N–H and O–H groups in total. The normalized spacial score (nSPS) is 23.2. The molecule has 2 aliphatic heterocycles. The van der Waals surface area contributed by atoms with Crippen molar-refractivity contribution in [3.05, 3.63) is 64.7 Å². The highest BCUT2D eigenvalue weighted by Crippen LogP contribution is 2.40. The van der Waals surface area contributed by atoms with Gasteiger partial charge >= 0.3 is 5.69 Å². The Kier molecular flexibility index (Phi) is 10.3. The minimum absolute atomic E-state index is 0.0598. The maximum atomic E-state index is 16.2. The molecule has 3 amide bonds. The molecule has 3 unspecified atom stereocenters. The first-order chi connectivity index (χ1) is 27.4. The van der Waals surface area contributed by atoms with E-state index in [0.717, 1.165) is 12.8 Å². The minimum atomic E-state index is -2.89. The summed E-state index contributed by atoms with van der Waals surface area (Å²) in [7, 11) is 5.06. The number of nitrogens with one attached hydrogen (secondary N) is 2. The third-order valence-corrected chi connectivity index (χ3v) is 11.8. The smallest absolute Gasteiger partial charge is 0.329 e. The summed E-state index contributed by atoms with van der Waals surface area (Å²) in [5.41, 5.74) is 1.08. The Balaban J connectivity index is 0.907. The van der Waals surface area contributed by atoms with Crippen molar-refractivity contribution in [1.29, 1.82) is 0 Å². The number of hydrogen-bond donors (Lipinski definition) is 2. The SMILES string of the molecule is COc1ccc2c(c1N1CCC(N(C)C[C@H]3CC[C@H](n4cc(NC(=O)c5cnn6cccnc56)c(C(F)F)n4)CC3)C(F)C1)n(C)c(=O)n2C1CCC(=O)NC1=O. The third-order valence-electron chi connectivity index (χ3n) is 11.8. The number of aryl methyl sites for hydroxylation is 1. The molecule has 0 bridgehead atoms. The Labute approximate surface area is 324 Å². The van der Waals surface area contributed by atoms with E-state index in [1.165, 1.54) is 44.0 Å². The molecule has 5 aromatic rings. The van der Waals surface area contributed by atoms with Gasteiger partial charge < -0.3 is 19.9 Å². The number of benzene rings is 1. The summed E-state index contributed by atoms with van der Waals surface area (Å²) in [6.07, 6.45) is 5.62. The fourth-order valence-corrected chi connectivity index (χ4v) is 8.89. The van der Waals surface area contributed by atoms with Crippen LogP contribution >= 0.6 is 0 Å². The van der Waals surface area contributed by atoms with Crippen LogP contribution in [-0.4, -0.2) is 102 Å². The van der Waals surface area contributed by atoms with Crippen LogP contribution in [0.15, 0.2) is 47.8 Å². The number of methoxy groups -OCH3 is 1. The Bertz CT molecular complexity index is 2400. The van der Waals surface area contributed by atoms with Gasteiger partial charge in [-0.1, -0.05) is 0 Å². The molecule has 4 aromatic heterocycles.